The van der Waals surface area contributed by atoms with Gasteiger partial charge in [0.15, 0.2) is 0 Å². The number of aliphatic hydroxyl groups is 2. The maximum atomic E-state index is 10.7. The van der Waals surface area contributed by atoms with Crippen LogP contribution in [0, 0.1) is 17.8 Å². The minimum absolute atomic E-state index is 0.0211. The molecule has 1 fully saturated rings. The van der Waals surface area contributed by atoms with Gasteiger partial charge in [0.25, 0.3) is 0 Å². The van der Waals surface area contributed by atoms with E-state index in [1.807, 2.05) is 0 Å². The number of aliphatic carboxylic acids is 1. The van der Waals surface area contributed by atoms with Crippen molar-refractivity contribution in [1.29, 1.82) is 0 Å². The van der Waals surface area contributed by atoms with Crippen LogP contribution in [-0.2, 0) is 4.79 Å². The van der Waals surface area contributed by atoms with Gasteiger partial charge in [0.1, 0.15) is 0 Å². The molecule has 4 nitrogen and oxygen atoms in total. The third kappa shape index (κ3) is 5.95. The molecule has 0 spiro atoms. The molecule has 0 aromatic rings. The lowest BCUT2D eigenvalue weighted by Gasteiger charge is -2.27. The Morgan fingerprint density at radius 2 is 2.04 bits per heavy atom. The van der Waals surface area contributed by atoms with Crippen molar-refractivity contribution in [2.45, 2.75) is 89.8 Å². The molecule has 0 amide bonds. The summed E-state index contributed by atoms with van der Waals surface area (Å²) in [7, 11) is 0. The predicted molar refractivity (Wildman–Crippen MR) is 104 cm³/mol. The highest BCUT2D eigenvalue weighted by Gasteiger charge is 2.47. The SMILES string of the molecule is C=C(CCC)CCC[C@H](O)[C@H]1[C@@H]2CC(CCCCC(=O)O)=C[C@@H]2C[C@@H]1O. The van der Waals surface area contributed by atoms with Crippen LogP contribution >= 0.6 is 0 Å². The maximum Gasteiger partial charge on any atom is 0.303 e. The van der Waals surface area contributed by atoms with Gasteiger partial charge in [0, 0.05) is 12.3 Å². The summed E-state index contributed by atoms with van der Waals surface area (Å²) in [5.41, 5.74) is 2.65. The molecule has 0 aromatic carbocycles. The zero-order valence-electron chi connectivity index (χ0n) is 16.2. The first kappa shape index (κ1) is 21.2. The molecule has 2 aliphatic rings. The summed E-state index contributed by atoms with van der Waals surface area (Å²) < 4.78 is 0. The van der Waals surface area contributed by atoms with Crippen molar-refractivity contribution in [3.05, 3.63) is 23.8 Å². The average molecular weight is 365 g/mol. The second-order valence-corrected chi connectivity index (χ2v) is 8.30. The minimum Gasteiger partial charge on any atom is -0.481 e. The van der Waals surface area contributed by atoms with Gasteiger partial charge < -0.3 is 15.3 Å². The van der Waals surface area contributed by atoms with Crippen LogP contribution in [0.2, 0.25) is 0 Å². The van der Waals surface area contributed by atoms with E-state index in [1.165, 1.54) is 11.1 Å². The number of hydrogen-bond acceptors (Lipinski definition) is 3. The summed E-state index contributed by atoms with van der Waals surface area (Å²) in [5, 5.41) is 29.9. The third-order valence-corrected chi connectivity index (χ3v) is 6.17. The fraction of sp³-hybridized carbons (Fsp3) is 0.773. The molecule has 148 valence electrons. The monoisotopic (exact) mass is 364 g/mol. The first-order valence-electron chi connectivity index (χ1n) is 10.4. The molecular weight excluding hydrogens is 328 g/mol. The van der Waals surface area contributed by atoms with Crippen LogP contribution in [0.15, 0.2) is 23.8 Å². The average Bonchev–Trinajstić information content (AvgIpc) is 3.07. The number of carboxylic acids is 1. The molecule has 2 rings (SSSR count). The predicted octanol–water partition coefficient (Wildman–Crippen LogP) is 4.46. The Bertz CT molecular complexity index is 510. The molecule has 1 saturated carbocycles. The van der Waals surface area contributed by atoms with Gasteiger partial charge in [-0.2, -0.15) is 0 Å². The molecule has 3 N–H and O–H groups in total. The zero-order valence-corrected chi connectivity index (χ0v) is 16.2. The van der Waals surface area contributed by atoms with Gasteiger partial charge >= 0.3 is 5.97 Å². The van der Waals surface area contributed by atoms with Crippen molar-refractivity contribution in [3.8, 4) is 0 Å². The quantitative estimate of drug-likeness (QED) is 0.353. The standard InChI is InChI=1S/C22H36O4/c1-3-7-15(2)8-6-10-19(23)22-18-13-16(9-4-5-11-21(25)26)12-17(18)14-20(22)24/h12,17-20,22-24H,2-11,13-14H2,1H3,(H,25,26)/t17-,18-,19+,20+,22-/m1/s1. The van der Waals surface area contributed by atoms with Crippen LogP contribution in [0.3, 0.4) is 0 Å². The highest BCUT2D eigenvalue weighted by molar-refractivity contribution is 5.66. The molecule has 0 unspecified atom stereocenters. The molecule has 2 aliphatic carbocycles. The van der Waals surface area contributed by atoms with Gasteiger partial charge in [-0.15, -0.1) is 0 Å². The van der Waals surface area contributed by atoms with Crippen molar-refractivity contribution >= 4 is 5.97 Å². The number of carbonyl (C=O) groups is 1. The van der Waals surface area contributed by atoms with Gasteiger partial charge in [-0.1, -0.05) is 37.1 Å². The molecule has 0 saturated heterocycles. The van der Waals surface area contributed by atoms with E-state index >= 15 is 0 Å². The Kier molecular flexibility index (Phi) is 8.36. The first-order valence-corrected chi connectivity index (χ1v) is 10.4. The molecule has 0 radical (unpaired) electrons. The topological polar surface area (TPSA) is 77.8 Å². The Morgan fingerprint density at radius 1 is 1.27 bits per heavy atom. The van der Waals surface area contributed by atoms with Crippen molar-refractivity contribution in [2.75, 3.05) is 0 Å². The maximum absolute atomic E-state index is 10.7. The van der Waals surface area contributed by atoms with Crippen molar-refractivity contribution in [1.82, 2.24) is 0 Å². The lowest BCUT2D eigenvalue weighted by Crippen LogP contribution is -2.32. The highest BCUT2D eigenvalue weighted by atomic mass is 16.4. The molecule has 0 aromatic heterocycles. The fourth-order valence-electron chi connectivity index (χ4n) is 4.92. The van der Waals surface area contributed by atoms with Crippen LogP contribution < -0.4 is 0 Å². The third-order valence-electron chi connectivity index (χ3n) is 6.17. The van der Waals surface area contributed by atoms with Gasteiger partial charge in [-0.3, -0.25) is 4.79 Å². The van der Waals surface area contributed by atoms with Gasteiger partial charge in [-0.25, -0.2) is 0 Å². The molecule has 5 atom stereocenters. The summed E-state index contributed by atoms with van der Waals surface area (Å²) in [6.45, 7) is 6.24. The molecule has 26 heavy (non-hydrogen) atoms. The van der Waals surface area contributed by atoms with E-state index < -0.39 is 18.2 Å². The van der Waals surface area contributed by atoms with Gasteiger partial charge in [0.2, 0.25) is 0 Å². The first-order chi connectivity index (χ1) is 12.4. The lowest BCUT2D eigenvalue weighted by atomic mass is 9.83. The van der Waals surface area contributed by atoms with E-state index in [0.717, 1.165) is 64.2 Å². The number of hydrogen-bond donors (Lipinski definition) is 3. The molecule has 0 bridgehead atoms. The zero-order chi connectivity index (χ0) is 19.1. The number of carboxylic acid groups (broad SMARTS) is 1. The largest absolute Gasteiger partial charge is 0.481 e. The summed E-state index contributed by atoms with van der Waals surface area (Å²) in [5.74, 6) is -0.00935. The van der Waals surface area contributed by atoms with E-state index in [0.29, 0.717) is 11.8 Å². The molecule has 0 heterocycles. The minimum atomic E-state index is -0.727. The summed E-state index contributed by atoms with van der Waals surface area (Å²) in [4.78, 5) is 10.6. The number of allylic oxidation sites excluding steroid dienone is 3. The Labute approximate surface area is 158 Å². The fourth-order valence-corrected chi connectivity index (χ4v) is 4.92. The van der Waals surface area contributed by atoms with E-state index in [2.05, 4.69) is 19.6 Å². The Balaban J connectivity index is 1.77. The van der Waals surface area contributed by atoms with Crippen LogP contribution in [0.1, 0.15) is 77.6 Å². The smallest absolute Gasteiger partial charge is 0.303 e. The van der Waals surface area contributed by atoms with E-state index in [4.69, 9.17) is 5.11 Å². The van der Waals surface area contributed by atoms with Crippen LogP contribution in [0.5, 0.6) is 0 Å². The van der Waals surface area contributed by atoms with E-state index in [-0.39, 0.29) is 12.3 Å². The van der Waals surface area contributed by atoms with E-state index in [1.54, 1.807) is 0 Å². The molecular formula is C22H36O4. The second kappa shape index (κ2) is 10.3. The second-order valence-electron chi connectivity index (χ2n) is 8.30. The highest BCUT2D eigenvalue weighted by Crippen LogP contribution is 2.49. The Morgan fingerprint density at radius 3 is 2.73 bits per heavy atom. The number of aliphatic hydroxyl groups excluding tert-OH is 2. The van der Waals surface area contributed by atoms with E-state index in [9.17, 15) is 15.0 Å². The van der Waals surface area contributed by atoms with Crippen molar-refractivity contribution in [2.24, 2.45) is 17.8 Å². The summed E-state index contributed by atoms with van der Waals surface area (Å²) in [6, 6.07) is 0. The molecule has 4 heteroatoms. The normalized spacial score (nSPS) is 28.7. The lowest BCUT2D eigenvalue weighted by molar-refractivity contribution is -0.137. The van der Waals surface area contributed by atoms with Gasteiger partial charge in [-0.05, 0) is 69.6 Å². The van der Waals surface area contributed by atoms with Crippen molar-refractivity contribution in [3.63, 3.8) is 0 Å². The Hall–Kier alpha value is -1.13. The number of unbranched alkanes of at least 4 members (excludes halogenated alkanes) is 1. The summed E-state index contributed by atoms with van der Waals surface area (Å²) >= 11 is 0. The van der Waals surface area contributed by atoms with Gasteiger partial charge in [0.05, 0.1) is 12.2 Å². The van der Waals surface area contributed by atoms with Crippen LogP contribution in [-0.4, -0.2) is 33.5 Å². The number of rotatable bonds is 12. The summed E-state index contributed by atoms with van der Waals surface area (Å²) in [6.07, 6.45) is 10.8. The van der Waals surface area contributed by atoms with Crippen LogP contribution in [0.25, 0.3) is 0 Å². The van der Waals surface area contributed by atoms with Crippen molar-refractivity contribution < 1.29 is 20.1 Å². The number of fused-ring (bicyclic) bond motifs is 1. The molecule has 0 aliphatic heterocycles. The van der Waals surface area contributed by atoms with Crippen LogP contribution in [0.4, 0.5) is 0 Å².